The molecule has 3 nitrogen and oxygen atoms in total. The molecule has 0 radical (unpaired) electrons. The molecular weight excluding hydrogens is 200 g/mol. The van der Waals surface area contributed by atoms with Crippen LogP contribution in [0.5, 0.6) is 0 Å². The van der Waals surface area contributed by atoms with Crippen molar-refractivity contribution < 1.29 is 4.52 Å². The highest BCUT2D eigenvalue weighted by atomic mass is 16.5. The Kier molecular flexibility index (Phi) is 2.51. The molecule has 1 saturated carbocycles. The van der Waals surface area contributed by atoms with E-state index in [1.807, 2.05) is 0 Å². The van der Waals surface area contributed by atoms with E-state index >= 15 is 0 Å². The first-order valence-electron chi connectivity index (χ1n) is 6.47. The molecule has 0 saturated heterocycles. The van der Waals surface area contributed by atoms with Crippen LogP contribution < -0.4 is 5.32 Å². The number of hydrogen-bond acceptors (Lipinski definition) is 3. The molecule has 0 aromatic carbocycles. The SMILES string of the molecule is CC1CCC(C)c2c(CNC3CC3)noc21. The van der Waals surface area contributed by atoms with Crippen LogP contribution in [0.2, 0.25) is 0 Å². The lowest BCUT2D eigenvalue weighted by Gasteiger charge is -2.22. The molecule has 1 aromatic heterocycles. The van der Waals surface area contributed by atoms with E-state index in [0.717, 1.165) is 24.0 Å². The Hall–Kier alpha value is -0.830. The minimum Gasteiger partial charge on any atom is -0.361 e. The van der Waals surface area contributed by atoms with Crippen LogP contribution in [0.4, 0.5) is 0 Å². The van der Waals surface area contributed by atoms with Crippen LogP contribution in [0.3, 0.4) is 0 Å². The predicted octanol–water partition coefficient (Wildman–Crippen LogP) is 2.93. The molecule has 0 bridgehead atoms. The summed E-state index contributed by atoms with van der Waals surface area (Å²) < 4.78 is 5.53. The first kappa shape index (κ1) is 10.3. The molecule has 1 N–H and O–H groups in total. The van der Waals surface area contributed by atoms with Crippen molar-refractivity contribution in [2.75, 3.05) is 0 Å². The fourth-order valence-electron chi connectivity index (χ4n) is 2.66. The van der Waals surface area contributed by atoms with Crippen molar-refractivity contribution in [3.8, 4) is 0 Å². The fraction of sp³-hybridized carbons (Fsp3) is 0.769. The summed E-state index contributed by atoms with van der Waals surface area (Å²) in [6, 6.07) is 0.740. The van der Waals surface area contributed by atoms with Gasteiger partial charge in [0.05, 0.1) is 0 Å². The highest BCUT2D eigenvalue weighted by molar-refractivity contribution is 5.31. The first-order valence-corrected chi connectivity index (χ1v) is 6.47. The number of fused-ring (bicyclic) bond motifs is 1. The monoisotopic (exact) mass is 220 g/mol. The third-order valence-electron chi connectivity index (χ3n) is 3.94. The average molecular weight is 220 g/mol. The average Bonchev–Trinajstić information content (AvgIpc) is 3.00. The Morgan fingerprint density at radius 3 is 2.69 bits per heavy atom. The lowest BCUT2D eigenvalue weighted by molar-refractivity contribution is 0.338. The highest BCUT2D eigenvalue weighted by Gasteiger charge is 2.30. The molecule has 2 unspecified atom stereocenters. The van der Waals surface area contributed by atoms with Crippen molar-refractivity contribution in [1.29, 1.82) is 0 Å². The van der Waals surface area contributed by atoms with E-state index in [2.05, 4.69) is 24.3 Å². The van der Waals surface area contributed by atoms with Crippen molar-refractivity contribution in [2.24, 2.45) is 0 Å². The van der Waals surface area contributed by atoms with E-state index in [1.54, 1.807) is 0 Å². The molecule has 2 aliphatic carbocycles. The van der Waals surface area contributed by atoms with E-state index in [9.17, 15) is 0 Å². The second-order valence-electron chi connectivity index (χ2n) is 5.44. The zero-order chi connectivity index (χ0) is 11.1. The second kappa shape index (κ2) is 3.88. The van der Waals surface area contributed by atoms with Gasteiger partial charge in [-0.3, -0.25) is 0 Å². The van der Waals surface area contributed by atoms with Gasteiger partial charge in [0, 0.05) is 24.1 Å². The zero-order valence-electron chi connectivity index (χ0n) is 10.1. The normalized spacial score (nSPS) is 29.1. The maximum Gasteiger partial charge on any atom is 0.143 e. The minimum absolute atomic E-state index is 0.549. The summed E-state index contributed by atoms with van der Waals surface area (Å²) in [7, 11) is 0. The van der Waals surface area contributed by atoms with E-state index in [1.165, 1.54) is 31.2 Å². The Morgan fingerprint density at radius 2 is 1.94 bits per heavy atom. The summed E-state index contributed by atoms with van der Waals surface area (Å²) >= 11 is 0. The van der Waals surface area contributed by atoms with E-state index in [0.29, 0.717) is 11.8 Å². The van der Waals surface area contributed by atoms with Gasteiger partial charge in [-0.15, -0.1) is 0 Å². The third-order valence-corrected chi connectivity index (χ3v) is 3.94. The Morgan fingerprint density at radius 1 is 1.19 bits per heavy atom. The van der Waals surface area contributed by atoms with Crippen LogP contribution in [0.15, 0.2) is 4.52 Å². The summed E-state index contributed by atoms with van der Waals surface area (Å²) in [4.78, 5) is 0. The van der Waals surface area contributed by atoms with Crippen molar-refractivity contribution in [2.45, 2.75) is 64.0 Å². The van der Waals surface area contributed by atoms with Crippen molar-refractivity contribution in [3.05, 3.63) is 17.0 Å². The lowest BCUT2D eigenvalue weighted by Crippen LogP contribution is -2.18. The van der Waals surface area contributed by atoms with Gasteiger partial charge in [-0.05, 0) is 31.6 Å². The van der Waals surface area contributed by atoms with E-state index in [4.69, 9.17) is 4.52 Å². The molecule has 0 spiro atoms. The molecule has 0 amide bonds. The number of aromatic nitrogens is 1. The van der Waals surface area contributed by atoms with Gasteiger partial charge < -0.3 is 9.84 Å². The fourth-order valence-corrected chi connectivity index (χ4v) is 2.66. The second-order valence-corrected chi connectivity index (χ2v) is 5.44. The van der Waals surface area contributed by atoms with Crippen molar-refractivity contribution in [3.63, 3.8) is 0 Å². The summed E-state index contributed by atoms with van der Waals surface area (Å²) in [5, 5.41) is 7.78. The molecule has 0 aliphatic heterocycles. The topological polar surface area (TPSA) is 38.1 Å². The zero-order valence-corrected chi connectivity index (χ0v) is 10.1. The van der Waals surface area contributed by atoms with Gasteiger partial charge in [0.25, 0.3) is 0 Å². The van der Waals surface area contributed by atoms with Gasteiger partial charge in [-0.2, -0.15) is 0 Å². The molecule has 2 atom stereocenters. The number of hydrogen-bond donors (Lipinski definition) is 1. The van der Waals surface area contributed by atoms with Gasteiger partial charge in [0.2, 0.25) is 0 Å². The van der Waals surface area contributed by atoms with Crippen LogP contribution in [-0.4, -0.2) is 11.2 Å². The van der Waals surface area contributed by atoms with E-state index in [-0.39, 0.29) is 0 Å². The van der Waals surface area contributed by atoms with Crippen LogP contribution in [0.1, 0.15) is 68.4 Å². The maximum absolute atomic E-state index is 5.53. The molecule has 1 aromatic rings. The van der Waals surface area contributed by atoms with Crippen LogP contribution in [0, 0.1) is 0 Å². The number of nitrogens with zero attached hydrogens (tertiary/aromatic N) is 1. The lowest BCUT2D eigenvalue weighted by atomic mass is 9.82. The molecule has 2 aliphatic rings. The largest absolute Gasteiger partial charge is 0.361 e. The van der Waals surface area contributed by atoms with Crippen LogP contribution in [-0.2, 0) is 6.54 Å². The van der Waals surface area contributed by atoms with Gasteiger partial charge in [-0.1, -0.05) is 19.0 Å². The highest BCUT2D eigenvalue weighted by Crippen LogP contribution is 2.40. The predicted molar refractivity (Wildman–Crippen MR) is 62.4 cm³/mol. The quantitative estimate of drug-likeness (QED) is 0.851. The summed E-state index contributed by atoms with van der Waals surface area (Å²) in [6.07, 6.45) is 5.16. The minimum atomic E-state index is 0.549. The summed E-state index contributed by atoms with van der Waals surface area (Å²) in [6.45, 7) is 5.43. The molecule has 1 heterocycles. The Balaban J connectivity index is 1.82. The molecule has 3 rings (SSSR count). The smallest absolute Gasteiger partial charge is 0.143 e. The summed E-state index contributed by atoms with van der Waals surface area (Å²) in [5.74, 6) is 2.31. The number of nitrogens with one attached hydrogen (secondary N) is 1. The molecule has 88 valence electrons. The maximum atomic E-state index is 5.53. The van der Waals surface area contributed by atoms with Crippen molar-refractivity contribution >= 4 is 0 Å². The Bertz CT molecular complexity index is 381. The van der Waals surface area contributed by atoms with Crippen LogP contribution >= 0.6 is 0 Å². The van der Waals surface area contributed by atoms with Gasteiger partial charge >= 0.3 is 0 Å². The molecule has 1 fully saturated rings. The molecule has 16 heavy (non-hydrogen) atoms. The van der Waals surface area contributed by atoms with E-state index < -0.39 is 0 Å². The number of rotatable bonds is 3. The van der Waals surface area contributed by atoms with Gasteiger partial charge in [0.1, 0.15) is 11.5 Å². The standard InChI is InChI=1S/C13H20N2O/c1-8-3-4-9(2)13-12(8)11(15-16-13)7-14-10-5-6-10/h8-10,14H,3-7H2,1-2H3. The van der Waals surface area contributed by atoms with Crippen LogP contribution in [0.25, 0.3) is 0 Å². The van der Waals surface area contributed by atoms with Gasteiger partial charge in [-0.25, -0.2) is 0 Å². The summed E-state index contributed by atoms with van der Waals surface area (Å²) in [5.41, 5.74) is 2.55. The first-order chi connectivity index (χ1) is 7.75. The molecule has 3 heteroatoms. The van der Waals surface area contributed by atoms with Gasteiger partial charge in [0.15, 0.2) is 0 Å². The Labute approximate surface area is 96.6 Å². The molecular formula is C13H20N2O. The van der Waals surface area contributed by atoms with Crippen molar-refractivity contribution in [1.82, 2.24) is 10.5 Å². The third kappa shape index (κ3) is 1.77.